The fourth-order valence-electron chi connectivity index (χ4n) is 1.82. The van der Waals surface area contributed by atoms with Gasteiger partial charge in [0.25, 0.3) is 0 Å². The van der Waals surface area contributed by atoms with E-state index in [1.165, 1.54) is 0 Å². The smallest absolute Gasteiger partial charge is 0.191 e. The molecule has 0 saturated heterocycles. The molecule has 0 atom stereocenters. The molecule has 6 heteroatoms. The first kappa shape index (κ1) is 11.4. The number of anilines is 1. The maximum absolute atomic E-state index is 5.83. The average molecular weight is 276 g/mol. The molecule has 0 aliphatic heterocycles. The fraction of sp³-hybridized carbons (Fsp3) is 0.167. The van der Waals surface area contributed by atoms with Crippen molar-refractivity contribution in [2.75, 3.05) is 5.73 Å². The van der Waals surface area contributed by atoms with Crippen molar-refractivity contribution in [3.8, 4) is 21.4 Å². The fourth-order valence-corrected chi connectivity index (χ4v) is 3.43. The van der Waals surface area contributed by atoms with Gasteiger partial charge in [-0.05, 0) is 30.0 Å². The highest BCUT2D eigenvalue weighted by atomic mass is 32.1. The highest BCUT2D eigenvalue weighted by Gasteiger charge is 2.15. The summed E-state index contributed by atoms with van der Waals surface area (Å²) in [7, 11) is 1.91. The second kappa shape index (κ2) is 4.22. The van der Waals surface area contributed by atoms with Gasteiger partial charge in [-0.2, -0.15) is 0 Å². The monoisotopic (exact) mass is 276 g/mol. The third kappa shape index (κ3) is 1.83. The second-order valence-corrected chi connectivity index (χ2v) is 6.05. The van der Waals surface area contributed by atoms with Crippen molar-refractivity contribution in [1.29, 1.82) is 0 Å². The van der Waals surface area contributed by atoms with Crippen LogP contribution in [0.15, 0.2) is 23.6 Å². The van der Waals surface area contributed by atoms with Crippen LogP contribution in [0, 0.1) is 6.92 Å². The molecular weight excluding hydrogens is 264 g/mol. The third-order valence-corrected chi connectivity index (χ3v) is 4.57. The van der Waals surface area contributed by atoms with Gasteiger partial charge in [-0.1, -0.05) is 6.07 Å². The molecular formula is C12H12N4S2. The minimum atomic E-state index is 0.772. The van der Waals surface area contributed by atoms with Gasteiger partial charge in [0.1, 0.15) is 0 Å². The van der Waals surface area contributed by atoms with Gasteiger partial charge in [-0.25, -0.2) is 9.67 Å². The Hall–Kier alpha value is -1.66. The number of rotatable bonds is 2. The van der Waals surface area contributed by atoms with Gasteiger partial charge in [0.05, 0.1) is 14.8 Å². The Balaban J connectivity index is 2.11. The van der Waals surface area contributed by atoms with Crippen LogP contribution in [0.1, 0.15) is 5.56 Å². The predicted octanol–water partition coefficient (Wildman–Crippen LogP) is 3.16. The lowest BCUT2D eigenvalue weighted by Gasteiger charge is -1.96. The molecule has 3 heterocycles. The Kier molecular flexibility index (Phi) is 2.68. The lowest BCUT2D eigenvalue weighted by molar-refractivity contribution is 0.779. The highest BCUT2D eigenvalue weighted by molar-refractivity contribution is 7.19. The highest BCUT2D eigenvalue weighted by Crippen LogP contribution is 2.33. The van der Waals surface area contributed by atoms with Crippen LogP contribution < -0.4 is 5.73 Å². The normalized spacial score (nSPS) is 11.0. The molecule has 0 radical (unpaired) electrons. The van der Waals surface area contributed by atoms with Crippen molar-refractivity contribution in [2.24, 2.45) is 7.05 Å². The van der Waals surface area contributed by atoms with E-state index in [-0.39, 0.29) is 0 Å². The Labute approximate surface area is 113 Å². The van der Waals surface area contributed by atoms with E-state index in [9.17, 15) is 0 Å². The lowest BCUT2D eigenvalue weighted by Crippen LogP contribution is -1.93. The quantitative estimate of drug-likeness (QED) is 0.782. The van der Waals surface area contributed by atoms with Crippen molar-refractivity contribution < 1.29 is 0 Å². The van der Waals surface area contributed by atoms with Crippen molar-refractivity contribution in [3.05, 3.63) is 29.1 Å². The lowest BCUT2D eigenvalue weighted by atomic mass is 10.3. The van der Waals surface area contributed by atoms with Gasteiger partial charge in [-0.15, -0.1) is 27.8 Å². The molecule has 0 aliphatic rings. The van der Waals surface area contributed by atoms with Crippen LogP contribution >= 0.6 is 22.7 Å². The molecule has 0 aliphatic carbocycles. The summed E-state index contributed by atoms with van der Waals surface area (Å²) < 4.78 is 1.81. The van der Waals surface area contributed by atoms with Crippen LogP contribution in [0.2, 0.25) is 0 Å². The van der Waals surface area contributed by atoms with Gasteiger partial charge in [0.2, 0.25) is 0 Å². The largest absolute Gasteiger partial charge is 0.391 e. The van der Waals surface area contributed by atoms with E-state index in [4.69, 9.17) is 5.73 Å². The summed E-state index contributed by atoms with van der Waals surface area (Å²) in [5.41, 5.74) is 6.98. The molecule has 0 spiro atoms. The van der Waals surface area contributed by atoms with E-state index in [0.717, 1.165) is 32.0 Å². The van der Waals surface area contributed by atoms with E-state index >= 15 is 0 Å². The molecule has 0 aromatic carbocycles. The van der Waals surface area contributed by atoms with E-state index < -0.39 is 0 Å². The summed E-state index contributed by atoms with van der Waals surface area (Å²) in [5.74, 6) is 1.64. The van der Waals surface area contributed by atoms with Crippen LogP contribution in [0.3, 0.4) is 0 Å². The molecule has 0 amide bonds. The molecule has 2 N–H and O–H groups in total. The van der Waals surface area contributed by atoms with E-state index in [2.05, 4.69) is 10.1 Å². The van der Waals surface area contributed by atoms with Crippen molar-refractivity contribution in [1.82, 2.24) is 14.8 Å². The summed E-state index contributed by atoms with van der Waals surface area (Å²) in [6.07, 6.45) is 0. The van der Waals surface area contributed by atoms with Crippen molar-refractivity contribution in [3.63, 3.8) is 0 Å². The molecule has 3 aromatic rings. The molecule has 4 nitrogen and oxygen atoms in total. The van der Waals surface area contributed by atoms with Gasteiger partial charge in [-0.3, -0.25) is 0 Å². The number of thiophene rings is 2. The molecule has 0 unspecified atom stereocenters. The number of aromatic nitrogens is 3. The number of nitrogens with two attached hydrogens (primary N) is 1. The Morgan fingerprint density at radius 1 is 1.39 bits per heavy atom. The molecule has 0 bridgehead atoms. The molecule has 3 aromatic heterocycles. The van der Waals surface area contributed by atoms with Crippen LogP contribution in [-0.2, 0) is 7.05 Å². The number of hydrogen-bond donors (Lipinski definition) is 1. The SMILES string of the molecule is Cc1cc(N)sc1-c1nc(-c2cccs2)nn1C. The number of nitrogens with zero attached hydrogens (tertiary/aromatic N) is 3. The summed E-state index contributed by atoms with van der Waals surface area (Å²) in [6.45, 7) is 2.04. The topological polar surface area (TPSA) is 56.7 Å². The van der Waals surface area contributed by atoms with Gasteiger partial charge < -0.3 is 5.73 Å². The Bertz CT molecular complexity index is 679. The number of aryl methyl sites for hydroxylation is 2. The van der Waals surface area contributed by atoms with Gasteiger partial charge in [0.15, 0.2) is 11.6 Å². The molecule has 92 valence electrons. The zero-order valence-corrected chi connectivity index (χ0v) is 11.7. The summed E-state index contributed by atoms with van der Waals surface area (Å²) in [5, 5.41) is 7.30. The Morgan fingerprint density at radius 3 is 2.83 bits per heavy atom. The predicted molar refractivity (Wildman–Crippen MR) is 76.8 cm³/mol. The first-order chi connectivity index (χ1) is 8.65. The first-order valence-corrected chi connectivity index (χ1v) is 7.16. The maximum Gasteiger partial charge on any atom is 0.191 e. The molecule has 3 rings (SSSR count). The third-order valence-electron chi connectivity index (χ3n) is 2.64. The van der Waals surface area contributed by atoms with Crippen molar-refractivity contribution in [2.45, 2.75) is 6.92 Å². The molecule has 0 saturated carbocycles. The summed E-state index contributed by atoms with van der Waals surface area (Å²) in [6, 6.07) is 6.00. The number of hydrogen-bond acceptors (Lipinski definition) is 5. The first-order valence-electron chi connectivity index (χ1n) is 5.46. The summed E-state index contributed by atoms with van der Waals surface area (Å²) in [4.78, 5) is 6.78. The molecule has 18 heavy (non-hydrogen) atoms. The van der Waals surface area contributed by atoms with Crippen molar-refractivity contribution >= 4 is 27.7 Å². The van der Waals surface area contributed by atoms with Crippen LogP contribution in [0.4, 0.5) is 5.00 Å². The van der Waals surface area contributed by atoms with Crippen LogP contribution in [-0.4, -0.2) is 14.8 Å². The molecule has 0 fully saturated rings. The zero-order chi connectivity index (χ0) is 12.7. The van der Waals surface area contributed by atoms with Crippen LogP contribution in [0.5, 0.6) is 0 Å². The maximum atomic E-state index is 5.83. The second-order valence-electron chi connectivity index (χ2n) is 4.02. The zero-order valence-electron chi connectivity index (χ0n) is 10.0. The average Bonchev–Trinajstić information content (AvgIpc) is 2.98. The van der Waals surface area contributed by atoms with E-state index in [1.807, 2.05) is 42.2 Å². The minimum Gasteiger partial charge on any atom is -0.391 e. The van der Waals surface area contributed by atoms with Crippen LogP contribution in [0.25, 0.3) is 21.4 Å². The standard InChI is InChI=1S/C12H12N4S2/c1-7-6-9(13)18-10(7)12-14-11(15-16(12)2)8-4-3-5-17-8/h3-6H,13H2,1-2H3. The minimum absolute atomic E-state index is 0.772. The Morgan fingerprint density at radius 2 is 2.22 bits per heavy atom. The summed E-state index contributed by atoms with van der Waals surface area (Å²) >= 11 is 3.19. The van der Waals surface area contributed by atoms with Gasteiger partial charge >= 0.3 is 0 Å². The van der Waals surface area contributed by atoms with Gasteiger partial charge in [0, 0.05) is 7.05 Å². The number of nitrogen functional groups attached to an aromatic ring is 1. The van der Waals surface area contributed by atoms with E-state index in [1.54, 1.807) is 22.7 Å². The van der Waals surface area contributed by atoms with E-state index in [0.29, 0.717) is 0 Å².